The molecule has 4 heteroatoms. The lowest BCUT2D eigenvalue weighted by molar-refractivity contribution is -0.124. The van der Waals surface area contributed by atoms with Crippen LogP contribution in [-0.4, -0.2) is 17.6 Å². The van der Waals surface area contributed by atoms with E-state index in [1.807, 2.05) is 30.3 Å². The third kappa shape index (κ3) is 2.88. The Morgan fingerprint density at radius 1 is 1.14 bits per heavy atom. The molecule has 1 atom stereocenters. The molecule has 0 spiro atoms. The van der Waals surface area contributed by atoms with Crippen LogP contribution in [0.2, 0.25) is 0 Å². The van der Waals surface area contributed by atoms with E-state index in [1.54, 1.807) is 12.1 Å². The van der Waals surface area contributed by atoms with E-state index in [4.69, 9.17) is 0 Å². The topological polar surface area (TPSA) is 49.3 Å². The largest absolute Gasteiger partial charge is 0.387 e. The summed E-state index contributed by atoms with van der Waals surface area (Å²) in [5.41, 5.74) is 1.06. The number of halogens is 1. The first-order valence-corrected chi connectivity index (χ1v) is 7.39. The summed E-state index contributed by atoms with van der Waals surface area (Å²) in [6.07, 6.45) is 0.784. The summed E-state index contributed by atoms with van der Waals surface area (Å²) in [6.45, 7) is 0.172. The molecule has 1 aliphatic rings. The van der Waals surface area contributed by atoms with E-state index >= 15 is 0 Å². The summed E-state index contributed by atoms with van der Waals surface area (Å²) in [6, 6.07) is 15.3. The molecule has 1 fully saturated rings. The molecule has 0 saturated heterocycles. The van der Waals surface area contributed by atoms with Gasteiger partial charge >= 0.3 is 0 Å². The Morgan fingerprint density at radius 2 is 1.77 bits per heavy atom. The highest BCUT2D eigenvalue weighted by Crippen LogP contribution is 2.48. The third-order valence-electron chi connectivity index (χ3n) is 4.22. The van der Waals surface area contributed by atoms with Gasteiger partial charge in [-0.2, -0.15) is 0 Å². The Balaban J connectivity index is 1.64. The molecule has 1 aliphatic carbocycles. The molecule has 114 valence electrons. The summed E-state index contributed by atoms with van der Waals surface area (Å²) in [7, 11) is 0. The summed E-state index contributed by atoms with van der Waals surface area (Å²) in [4.78, 5) is 12.4. The number of benzene rings is 2. The fourth-order valence-electron chi connectivity index (χ4n) is 2.69. The molecular weight excluding hydrogens is 281 g/mol. The number of aliphatic hydroxyl groups is 1. The molecule has 0 bridgehead atoms. The Labute approximate surface area is 128 Å². The van der Waals surface area contributed by atoms with Crippen molar-refractivity contribution in [1.29, 1.82) is 0 Å². The van der Waals surface area contributed by atoms with Crippen LogP contribution in [0.4, 0.5) is 4.39 Å². The highest BCUT2D eigenvalue weighted by atomic mass is 19.1. The fourth-order valence-corrected chi connectivity index (χ4v) is 2.69. The second-order valence-electron chi connectivity index (χ2n) is 5.73. The van der Waals surface area contributed by atoms with Crippen molar-refractivity contribution in [3.63, 3.8) is 0 Å². The Kier molecular flexibility index (Phi) is 3.94. The van der Waals surface area contributed by atoms with Crippen molar-refractivity contribution in [1.82, 2.24) is 5.32 Å². The van der Waals surface area contributed by atoms with Crippen LogP contribution < -0.4 is 5.32 Å². The minimum atomic E-state index is -0.728. The molecule has 0 aliphatic heterocycles. The van der Waals surface area contributed by atoms with Crippen LogP contribution in [0.5, 0.6) is 0 Å². The average Bonchev–Trinajstić information content (AvgIpc) is 3.35. The van der Waals surface area contributed by atoms with E-state index in [0.717, 1.165) is 24.0 Å². The van der Waals surface area contributed by atoms with E-state index in [0.29, 0.717) is 0 Å². The van der Waals surface area contributed by atoms with Crippen LogP contribution in [0.25, 0.3) is 0 Å². The molecule has 22 heavy (non-hydrogen) atoms. The molecular formula is C18H18FNO2. The lowest BCUT2D eigenvalue weighted by Gasteiger charge is -2.18. The number of hydrogen-bond donors (Lipinski definition) is 2. The van der Waals surface area contributed by atoms with Crippen LogP contribution in [0.3, 0.4) is 0 Å². The van der Waals surface area contributed by atoms with E-state index in [1.165, 1.54) is 12.1 Å². The van der Waals surface area contributed by atoms with E-state index in [9.17, 15) is 14.3 Å². The number of amides is 1. The van der Waals surface area contributed by atoms with Crippen molar-refractivity contribution >= 4 is 5.91 Å². The molecule has 1 saturated carbocycles. The monoisotopic (exact) mass is 299 g/mol. The van der Waals surface area contributed by atoms with Gasteiger partial charge in [-0.25, -0.2) is 4.39 Å². The van der Waals surface area contributed by atoms with Crippen molar-refractivity contribution in [2.75, 3.05) is 6.54 Å². The number of aliphatic hydroxyl groups excluding tert-OH is 1. The van der Waals surface area contributed by atoms with Crippen molar-refractivity contribution in [3.05, 3.63) is 71.5 Å². The number of nitrogens with one attached hydrogen (secondary N) is 1. The zero-order valence-corrected chi connectivity index (χ0v) is 12.1. The Hall–Kier alpha value is -2.20. The predicted molar refractivity (Wildman–Crippen MR) is 81.7 cm³/mol. The van der Waals surface area contributed by atoms with Gasteiger partial charge in [0, 0.05) is 6.54 Å². The van der Waals surface area contributed by atoms with Crippen molar-refractivity contribution < 1.29 is 14.3 Å². The maximum absolute atomic E-state index is 13.0. The smallest absolute Gasteiger partial charge is 0.230 e. The van der Waals surface area contributed by atoms with Gasteiger partial charge in [0.25, 0.3) is 0 Å². The summed E-state index contributed by atoms with van der Waals surface area (Å²) < 4.78 is 13.0. The first-order chi connectivity index (χ1) is 10.6. The number of carbonyl (C=O) groups excluding carboxylic acids is 1. The molecule has 0 radical (unpaired) electrons. The number of hydrogen-bond acceptors (Lipinski definition) is 2. The standard InChI is InChI=1S/C18H18FNO2/c19-15-8-6-14(7-9-15)18(10-11-18)17(22)20-12-16(21)13-4-2-1-3-5-13/h1-9,16,21H,10-12H2,(H,20,22)/t16-/m1/s1. The lowest BCUT2D eigenvalue weighted by Crippen LogP contribution is -2.37. The summed E-state index contributed by atoms with van der Waals surface area (Å²) in [5, 5.41) is 12.9. The second-order valence-corrected chi connectivity index (χ2v) is 5.73. The van der Waals surface area contributed by atoms with Crippen LogP contribution in [0.15, 0.2) is 54.6 Å². The minimum Gasteiger partial charge on any atom is -0.387 e. The number of carbonyl (C=O) groups is 1. The molecule has 3 rings (SSSR count). The predicted octanol–water partition coefficient (Wildman–Crippen LogP) is 2.71. The maximum atomic E-state index is 13.0. The minimum absolute atomic E-state index is 0.103. The highest BCUT2D eigenvalue weighted by Gasteiger charge is 2.51. The molecule has 3 nitrogen and oxygen atoms in total. The maximum Gasteiger partial charge on any atom is 0.230 e. The first-order valence-electron chi connectivity index (χ1n) is 7.39. The van der Waals surface area contributed by atoms with Gasteiger partial charge in [-0.05, 0) is 36.1 Å². The van der Waals surface area contributed by atoms with Crippen LogP contribution in [-0.2, 0) is 10.2 Å². The van der Waals surface area contributed by atoms with E-state index < -0.39 is 11.5 Å². The van der Waals surface area contributed by atoms with Gasteiger partial charge in [0.15, 0.2) is 0 Å². The molecule has 1 amide bonds. The SMILES string of the molecule is O=C(NC[C@@H](O)c1ccccc1)C1(c2ccc(F)cc2)CC1. The highest BCUT2D eigenvalue weighted by molar-refractivity contribution is 5.91. The zero-order valence-electron chi connectivity index (χ0n) is 12.1. The van der Waals surface area contributed by atoms with Gasteiger partial charge < -0.3 is 10.4 Å². The molecule has 0 aromatic heterocycles. The molecule has 0 unspecified atom stereocenters. The molecule has 2 aromatic rings. The number of rotatable bonds is 5. The molecule has 0 heterocycles. The quantitative estimate of drug-likeness (QED) is 0.892. The Bertz CT molecular complexity index is 651. The van der Waals surface area contributed by atoms with Gasteiger partial charge in [0.05, 0.1) is 11.5 Å². The summed E-state index contributed by atoms with van der Waals surface area (Å²) >= 11 is 0. The fraction of sp³-hybridized carbons (Fsp3) is 0.278. The zero-order chi connectivity index (χ0) is 15.6. The van der Waals surface area contributed by atoms with Crippen LogP contribution in [0.1, 0.15) is 30.1 Å². The van der Waals surface area contributed by atoms with E-state index in [2.05, 4.69) is 5.32 Å². The first kappa shape index (κ1) is 14.7. The van der Waals surface area contributed by atoms with Crippen molar-refractivity contribution in [3.8, 4) is 0 Å². The van der Waals surface area contributed by atoms with Crippen LogP contribution >= 0.6 is 0 Å². The van der Waals surface area contributed by atoms with Crippen molar-refractivity contribution in [2.24, 2.45) is 0 Å². The van der Waals surface area contributed by atoms with Gasteiger partial charge in [-0.1, -0.05) is 42.5 Å². The molecule has 2 aromatic carbocycles. The lowest BCUT2D eigenvalue weighted by atomic mass is 9.95. The summed E-state index contributed by atoms with van der Waals surface area (Å²) in [5.74, 6) is -0.409. The average molecular weight is 299 g/mol. The molecule has 2 N–H and O–H groups in total. The Morgan fingerprint density at radius 3 is 2.36 bits per heavy atom. The van der Waals surface area contributed by atoms with Gasteiger partial charge in [-0.3, -0.25) is 4.79 Å². The van der Waals surface area contributed by atoms with Gasteiger partial charge in [-0.15, -0.1) is 0 Å². The van der Waals surface area contributed by atoms with E-state index in [-0.39, 0.29) is 18.3 Å². The van der Waals surface area contributed by atoms with Crippen LogP contribution in [0, 0.1) is 5.82 Å². The van der Waals surface area contributed by atoms with Crippen molar-refractivity contribution in [2.45, 2.75) is 24.4 Å². The third-order valence-corrected chi connectivity index (χ3v) is 4.22. The van der Waals surface area contributed by atoms with Gasteiger partial charge in [0.1, 0.15) is 5.82 Å². The second kappa shape index (κ2) is 5.89. The van der Waals surface area contributed by atoms with Gasteiger partial charge in [0.2, 0.25) is 5.91 Å². The normalized spacial score (nSPS) is 16.8.